The second kappa shape index (κ2) is 55.9. The predicted octanol–water partition coefficient (Wildman–Crippen LogP) is 18.2. The summed E-state index contributed by atoms with van der Waals surface area (Å²) < 4.78 is 5.47. The molecule has 0 aliphatic rings. The maximum atomic E-state index is 12.5. The van der Waals surface area contributed by atoms with Crippen molar-refractivity contribution < 1.29 is 24.5 Å². The molecule has 2 unspecified atom stereocenters. The lowest BCUT2D eigenvalue weighted by Crippen LogP contribution is -2.45. The van der Waals surface area contributed by atoms with E-state index in [9.17, 15) is 19.8 Å². The van der Waals surface area contributed by atoms with Gasteiger partial charge in [0.15, 0.2) is 0 Å². The summed E-state index contributed by atoms with van der Waals surface area (Å²) in [5, 5.41) is 23.2. The van der Waals surface area contributed by atoms with E-state index >= 15 is 0 Å². The fraction of sp³-hybridized carbons (Fsp3) is 0.900. The molecule has 6 nitrogen and oxygen atoms in total. The molecule has 0 aromatic carbocycles. The SMILES string of the molecule is CCCC/C=C\C/C=C\CCCCCCCC(=O)OCCCCCCCCCCCCCCCCCCCCCCCCCC(=O)NC(CO)C(O)CCCCCCCCCCCCCC. The van der Waals surface area contributed by atoms with Gasteiger partial charge < -0.3 is 20.3 Å². The number of hydrogen-bond donors (Lipinski definition) is 3. The number of nitrogens with one attached hydrogen (secondary N) is 1. The number of ether oxygens (including phenoxy) is 1. The minimum Gasteiger partial charge on any atom is -0.466 e. The summed E-state index contributed by atoms with van der Waals surface area (Å²) in [5.41, 5.74) is 0. The van der Waals surface area contributed by atoms with E-state index in [1.807, 2.05) is 0 Å². The molecule has 0 bridgehead atoms. The van der Waals surface area contributed by atoms with Crippen molar-refractivity contribution in [2.24, 2.45) is 0 Å². The molecule has 0 spiro atoms. The molecule has 0 aliphatic heterocycles. The van der Waals surface area contributed by atoms with Crippen molar-refractivity contribution in [2.75, 3.05) is 13.2 Å². The Labute approximate surface area is 411 Å². The number of allylic oxidation sites excluding steroid dienone is 4. The molecule has 0 radical (unpaired) electrons. The topological polar surface area (TPSA) is 95.9 Å². The molecule has 0 fully saturated rings. The van der Waals surface area contributed by atoms with Crippen molar-refractivity contribution in [3.05, 3.63) is 24.3 Å². The molecular formula is C60H115NO5. The molecule has 6 heteroatoms. The molecule has 66 heavy (non-hydrogen) atoms. The van der Waals surface area contributed by atoms with Crippen LogP contribution in [0.1, 0.15) is 322 Å². The van der Waals surface area contributed by atoms with Crippen molar-refractivity contribution in [2.45, 2.75) is 334 Å². The summed E-state index contributed by atoms with van der Waals surface area (Å²) >= 11 is 0. The Kier molecular flexibility index (Phi) is 54.5. The zero-order valence-electron chi connectivity index (χ0n) is 44.4. The van der Waals surface area contributed by atoms with E-state index in [-0.39, 0.29) is 18.5 Å². The van der Waals surface area contributed by atoms with Crippen molar-refractivity contribution in [3.63, 3.8) is 0 Å². The van der Waals surface area contributed by atoms with Crippen LogP contribution in [0.2, 0.25) is 0 Å². The quantitative estimate of drug-likeness (QED) is 0.0321. The molecule has 0 rings (SSSR count). The molecule has 0 aliphatic carbocycles. The standard InChI is InChI=1S/C60H115NO5/c1-3-5-7-9-11-13-15-17-30-34-38-42-46-50-54-60(65)66-55-51-47-43-39-35-31-28-26-24-22-20-18-19-21-23-25-27-29-33-37-41-45-49-53-59(64)61-57(56-62)58(63)52-48-44-40-36-32-16-14-12-10-8-6-4-2/h9,11,15,17,57-58,62-63H,3-8,10,12-14,16,18-56H2,1-2H3,(H,61,64)/b11-9-,17-15-. The van der Waals surface area contributed by atoms with Crippen LogP contribution in [0.3, 0.4) is 0 Å². The van der Waals surface area contributed by atoms with Gasteiger partial charge in [-0.1, -0.05) is 282 Å². The van der Waals surface area contributed by atoms with Crippen LogP contribution in [0, 0.1) is 0 Å². The van der Waals surface area contributed by atoms with Crippen LogP contribution < -0.4 is 5.32 Å². The van der Waals surface area contributed by atoms with E-state index in [1.54, 1.807) is 0 Å². The number of aliphatic hydroxyl groups excluding tert-OH is 2. The summed E-state index contributed by atoms with van der Waals surface area (Å²) in [6, 6.07) is -0.540. The van der Waals surface area contributed by atoms with Crippen molar-refractivity contribution in [3.8, 4) is 0 Å². The average Bonchev–Trinajstić information content (AvgIpc) is 3.32. The van der Waals surface area contributed by atoms with Gasteiger partial charge >= 0.3 is 5.97 Å². The molecule has 0 aromatic rings. The lowest BCUT2D eigenvalue weighted by Gasteiger charge is -2.22. The van der Waals surface area contributed by atoms with Crippen LogP contribution in [0.5, 0.6) is 0 Å². The van der Waals surface area contributed by atoms with Crippen molar-refractivity contribution in [1.82, 2.24) is 5.32 Å². The number of hydrogen-bond acceptors (Lipinski definition) is 5. The maximum Gasteiger partial charge on any atom is 0.305 e. The van der Waals surface area contributed by atoms with Gasteiger partial charge in [-0.3, -0.25) is 9.59 Å². The second-order valence-corrected chi connectivity index (χ2v) is 20.3. The molecule has 0 saturated heterocycles. The third kappa shape index (κ3) is 51.7. The van der Waals surface area contributed by atoms with Gasteiger partial charge in [-0.25, -0.2) is 0 Å². The lowest BCUT2D eigenvalue weighted by atomic mass is 10.0. The van der Waals surface area contributed by atoms with Crippen LogP contribution in [-0.2, 0) is 14.3 Å². The molecule has 2 atom stereocenters. The van der Waals surface area contributed by atoms with Gasteiger partial charge in [-0.15, -0.1) is 0 Å². The highest BCUT2D eigenvalue weighted by Gasteiger charge is 2.20. The number of amides is 1. The Bertz CT molecular complexity index is 1030. The van der Waals surface area contributed by atoms with Gasteiger partial charge in [0, 0.05) is 12.8 Å². The minimum absolute atomic E-state index is 0.000128. The fourth-order valence-corrected chi connectivity index (χ4v) is 9.19. The number of unbranched alkanes of at least 4 members (excludes halogenated alkanes) is 40. The highest BCUT2D eigenvalue weighted by Crippen LogP contribution is 2.18. The van der Waals surface area contributed by atoms with Crippen LogP contribution in [-0.4, -0.2) is 47.4 Å². The fourth-order valence-electron chi connectivity index (χ4n) is 9.19. The van der Waals surface area contributed by atoms with E-state index in [4.69, 9.17) is 4.74 Å². The number of carbonyl (C=O) groups is 2. The summed E-state index contributed by atoms with van der Waals surface area (Å²) in [6.07, 6.45) is 67.5. The Hall–Kier alpha value is -1.66. The van der Waals surface area contributed by atoms with Gasteiger partial charge in [0.25, 0.3) is 0 Å². The van der Waals surface area contributed by atoms with E-state index in [0.717, 1.165) is 51.4 Å². The van der Waals surface area contributed by atoms with Gasteiger partial charge in [0.05, 0.1) is 25.4 Å². The van der Waals surface area contributed by atoms with E-state index in [0.29, 0.717) is 25.9 Å². The Balaban J connectivity index is 3.36. The molecule has 0 saturated carbocycles. The molecule has 0 heterocycles. The first-order valence-electron chi connectivity index (χ1n) is 29.6. The normalized spacial score (nSPS) is 12.7. The number of aliphatic hydroxyl groups is 2. The highest BCUT2D eigenvalue weighted by atomic mass is 16.5. The Morgan fingerprint density at radius 2 is 0.773 bits per heavy atom. The highest BCUT2D eigenvalue weighted by molar-refractivity contribution is 5.76. The van der Waals surface area contributed by atoms with Crippen molar-refractivity contribution >= 4 is 11.9 Å². The van der Waals surface area contributed by atoms with Gasteiger partial charge in [-0.2, -0.15) is 0 Å². The summed E-state index contributed by atoms with van der Waals surface area (Å²) in [4.78, 5) is 24.5. The van der Waals surface area contributed by atoms with Crippen LogP contribution in [0.15, 0.2) is 24.3 Å². The van der Waals surface area contributed by atoms with Gasteiger partial charge in [0.2, 0.25) is 5.91 Å². The van der Waals surface area contributed by atoms with Crippen LogP contribution >= 0.6 is 0 Å². The minimum atomic E-state index is -0.662. The maximum absolute atomic E-state index is 12.5. The molecule has 0 aromatic heterocycles. The van der Waals surface area contributed by atoms with Crippen LogP contribution in [0.25, 0.3) is 0 Å². The average molecular weight is 931 g/mol. The monoisotopic (exact) mass is 930 g/mol. The summed E-state index contributed by atoms with van der Waals surface area (Å²) in [5.74, 6) is -0.0344. The number of rotatable bonds is 55. The number of esters is 1. The summed E-state index contributed by atoms with van der Waals surface area (Å²) in [6.45, 7) is 4.91. The zero-order chi connectivity index (χ0) is 47.9. The lowest BCUT2D eigenvalue weighted by molar-refractivity contribution is -0.143. The van der Waals surface area contributed by atoms with E-state index < -0.39 is 12.1 Å². The molecule has 1 amide bonds. The third-order valence-electron chi connectivity index (χ3n) is 13.8. The predicted molar refractivity (Wildman–Crippen MR) is 287 cm³/mol. The molecule has 390 valence electrons. The Morgan fingerprint density at radius 3 is 1.20 bits per heavy atom. The molecular weight excluding hydrogens is 815 g/mol. The smallest absolute Gasteiger partial charge is 0.305 e. The first-order valence-corrected chi connectivity index (χ1v) is 29.6. The Morgan fingerprint density at radius 1 is 0.424 bits per heavy atom. The largest absolute Gasteiger partial charge is 0.466 e. The van der Waals surface area contributed by atoms with Crippen molar-refractivity contribution in [1.29, 1.82) is 0 Å². The third-order valence-corrected chi connectivity index (χ3v) is 13.8. The second-order valence-electron chi connectivity index (χ2n) is 20.3. The molecule has 3 N–H and O–H groups in total. The van der Waals surface area contributed by atoms with Gasteiger partial charge in [-0.05, 0) is 51.4 Å². The summed E-state index contributed by atoms with van der Waals surface area (Å²) in [7, 11) is 0. The first-order chi connectivity index (χ1) is 32.5. The van der Waals surface area contributed by atoms with E-state index in [2.05, 4.69) is 43.5 Å². The first kappa shape index (κ1) is 64.3. The van der Waals surface area contributed by atoms with E-state index in [1.165, 1.54) is 238 Å². The van der Waals surface area contributed by atoms with Gasteiger partial charge in [0.1, 0.15) is 0 Å². The zero-order valence-corrected chi connectivity index (χ0v) is 44.4. The van der Waals surface area contributed by atoms with Crippen LogP contribution in [0.4, 0.5) is 0 Å². The number of carbonyl (C=O) groups excluding carboxylic acids is 2.